The monoisotopic (exact) mass is 878 g/mol. The molecule has 0 saturated heterocycles. The number of benzene rings is 5. The molecule has 2 aliphatic rings. The van der Waals surface area contributed by atoms with E-state index in [1.54, 1.807) is 36.4 Å². The molecule has 18 heteroatoms. The Balaban J connectivity index is 1.26. The van der Waals surface area contributed by atoms with E-state index in [2.05, 4.69) is 40.2 Å². The summed E-state index contributed by atoms with van der Waals surface area (Å²) >= 11 is 7.37. The molecule has 0 spiro atoms. The molecule has 5 aromatic carbocycles. The highest BCUT2D eigenvalue weighted by atomic mass is 79.9. The first-order chi connectivity index (χ1) is 24.6. The highest BCUT2D eigenvalue weighted by Crippen LogP contribution is 2.50. The number of fused-ring (bicyclic) bond motifs is 2. The van der Waals surface area contributed by atoms with E-state index < -0.39 is 43.9 Å². The van der Waals surface area contributed by atoms with Gasteiger partial charge in [0, 0.05) is 63.5 Å². The average molecular weight is 881 g/mol. The van der Waals surface area contributed by atoms with Crippen LogP contribution >= 0.6 is 31.9 Å². The van der Waals surface area contributed by atoms with Crippen molar-refractivity contribution < 1.29 is 53.9 Å². The Bertz CT molecular complexity index is 2430. The first-order valence-corrected chi connectivity index (χ1v) is 21.0. The van der Waals surface area contributed by atoms with Crippen molar-refractivity contribution in [3.63, 3.8) is 0 Å². The van der Waals surface area contributed by atoms with Gasteiger partial charge in [-0.3, -0.25) is 37.3 Å². The molecule has 2 aliphatic heterocycles. The van der Waals surface area contributed by atoms with Gasteiger partial charge in [-0.2, -0.15) is 16.8 Å². The van der Waals surface area contributed by atoms with Crippen molar-refractivity contribution in [3.05, 3.63) is 67.6 Å². The van der Waals surface area contributed by atoms with E-state index in [1.807, 2.05) is 0 Å². The van der Waals surface area contributed by atoms with Gasteiger partial charge < -0.3 is 9.47 Å². The zero-order valence-corrected chi connectivity index (χ0v) is 32.3. The zero-order chi connectivity index (χ0) is 37.3. The molecule has 0 N–H and O–H groups in total. The number of hydrogen-bond acceptors (Lipinski definition) is 12. The van der Waals surface area contributed by atoms with Crippen LogP contribution in [0.2, 0.25) is 0 Å². The summed E-state index contributed by atoms with van der Waals surface area (Å²) in [6.07, 6.45) is 1.85. The summed E-state index contributed by atoms with van der Waals surface area (Å²) in [4.78, 5) is 57.5. The van der Waals surface area contributed by atoms with Crippen LogP contribution in [-0.4, -0.2) is 116 Å². The van der Waals surface area contributed by atoms with E-state index in [1.165, 1.54) is 0 Å². The van der Waals surface area contributed by atoms with E-state index in [-0.39, 0.29) is 52.7 Å². The number of imide groups is 2. The van der Waals surface area contributed by atoms with Gasteiger partial charge in [-0.25, -0.2) is 0 Å². The summed E-state index contributed by atoms with van der Waals surface area (Å²) in [7, 11) is -7.25. The average Bonchev–Trinajstić information content (AvgIpc) is 3.07. The number of rotatable bonds is 14. The third-order valence-corrected chi connectivity index (χ3v) is 11.3. The first-order valence-electron chi connectivity index (χ1n) is 15.7. The molecule has 14 nitrogen and oxygen atoms in total. The number of ether oxygens (including phenoxy) is 2. The maximum absolute atomic E-state index is 13.9. The lowest BCUT2D eigenvalue weighted by Gasteiger charge is -2.30. The number of nitrogens with zero attached hydrogens (tertiary/aromatic N) is 2. The van der Waals surface area contributed by atoms with Crippen molar-refractivity contribution in [1.82, 2.24) is 9.80 Å². The summed E-state index contributed by atoms with van der Waals surface area (Å²) in [6.45, 7) is -0.698. The second kappa shape index (κ2) is 13.7. The van der Waals surface area contributed by atoms with Crippen LogP contribution < -0.4 is 0 Å². The van der Waals surface area contributed by atoms with Crippen molar-refractivity contribution >= 4 is 119 Å². The minimum atomic E-state index is -3.63. The fourth-order valence-corrected chi connectivity index (χ4v) is 8.90. The molecule has 0 bridgehead atoms. The Morgan fingerprint density at radius 1 is 0.500 bits per heavy atom. The third kappa shape index (κ3) is 6.38. The van der Waals surface area contributed by atoms with Gasteiger partial charge in [0.1, 0.15) is 0 Å². The molecule has 0 fully saturated rings. The SMILES string of the molecule is CS(=O)(=O)OCCOCCN1C(=O)c2ccc3c4c(Br)cc5c6c(ccc(c7c(Br)cc(c2c37)C1=O)c64)C(=O)N(CCOCCOS(C)(=O)=O)C5=O. The normalized spacial score (nSPS) is 15.1. The van der Waals surface area contributed by atoms with Crippen LogP contribution in [0.3, 0.4) is 0 Å². The second-order valence-corrected chi connectivity index (χ2v) is 17.2. The summed E-state index contributed by atoms with van der Waals surface area (Å²) < 4.78 is 66.0. The Morgan fingerprint density at radius 2 is 0.865 bits per heavy atom. The number of hydrogen-bond donors (Lipinski definition) is 0. The molecular weight excluding hydrogens is 852 g/mol. The van der Waals surface area contributed by atoms with Crippen molar-refractivity contribution in [2.24, 2.45) is 0 Å². The largest absolute Gasteiger partial charge is 0.377 e. The molecule has 2 heterocycles. The summed E-state index contributed by atoms with van der Waals surface area (Å²) in [5.74, 6) is -2.05. The smallest absolute Gasteiger partial charge is 0.264 e. The first kappa shape index (κ1) is 36.7. The quantitative estimate of drug-likeness (QED) is 0.0504. The molecule has 0 radical (unpaired) electrons. The molecular formula is C34H28Br2N2O12S2. The topological polar surface area (TPSA) is 180 Å². The zero-order valence-electron chi connectivity index (χ0n) is 27.5. The highest BCUT2D eigenvalue weighted by molar-refractivity contribution is 9.11. The lowest BCUT2D eigenvalue weighted by Crippen LogP contribution is -2.42. The van der Waals surface area contributed by atoms with Crippen LogP contribution in [-0.2, 0) is 38.1 Å². The van der Waals surface area contributed by atoms with Gasteiger partial charge in [0.25, 0.3) is 43.9 Å². The molecule has 0 aromatic heterocycles. The van der Waals surface area contributed by atoms with Crippen LogP contribution in [0.5, 0.6) is 0 Å². The number of carbonyl (C=O) groups excluding carboxylic acids is 4. The summed E-state index contributed by atoms with van der Waals surface area (Å²) in [5.41, 5.74) is 1.25. The Hall–Kier alpha value is -3.62. The van der Waals surface area contributed by atoms with Crippen LogP contribution in [0.25, 0.3) is 43.1 Å². The summed E-state index contributed by atoms with van der Waals surface area (Å²) in [5, 5.41) is 5.11. The predicted molar refractivity (Wildman–Crippen MR) is 197 cm³/mol. The van der Waals surface area contributed by atoms with Gasteiger partial charge in [-0.1, -0.05) is 44.0 Å². The standard InChI is InChI=1S/C34H28Br2N2O12S2/c1-51(43,44)49-13-11-47-9-7-37-31(39)19-5-3-17-28-24(36)16-22-26-20(32(40)38(34(22)42)8-10-48-12-14-50-52(2,45)46)6-4-18(30(26)28)27-23(35)15-21(33(37)41)25(19)29(17)27/h3-6,15-16H,7-14H2,1-2H3. The van der Waals surface area contributed by atoms with Crippen molar-refractivity contribution in [2.45, 2.75) is 0 Å². The molecule has 0 unspecified atom stereocenters. The number of amides is 4. The molecule has 5 aromatic rings. The van der Waals surface area contributed by atoms with Crippen molar-refractivity contribution in [3.8, 4) is 0 Å². The number of carbonyl (C=O) groups is 4. The van der Waals surface area contributed by atoms with Crippen LogP contribution in [0.1, 0.15) is 41.4 Å². The lowest BCUT2D eigenvalue weighted by molar-refractivity contribution is 0.0482. The Kier molecular flexibility index (Phi) is 9.65. The van der Waals surface area contributed by atoms with Crippen LogP contribution in [0.15, 0.2) is 45.3 Å². The molecule has 272 valence electrons. The number of halogens is 2. The Labute approximate surface area is 313 Å². The van der Waals surface area contributed by atoms with Crippen LogP contribution in [0, 0.1) is 0 Å². The maximum atomic E-state index is 13.9. The van der Waals surface area contributed by atoms with Crippen molar-refractivity contribution in [1.29, 1.82) is 0 Å². The summed E-state index contributed by atoms with van der Waals surface area (Å²) in [6, 6.07) is 10.2. The van der Waals surface area contributed by atoms with E-state index >= 15 is 0 Å². The Morgan fingerprint density at radius 3 is 1.23 bits per heavy atom. The second-order valence-electron chi connectivity index (χ2n) is 12.2. The van der Waals surface area contributed by atoms with E-state index in [9.17, 15) is 36.0 Å². The van der Waals surface area contributed by atoms with E-state index in [4.69, 9.17) is 9.47 Å². The van der Waals surface area contributed by atoms with Gasteiger partial charge in [0.2, 0.25) is 0 Å². The molecule has 4 amide bonds. The third-order valence-electron chi connectivity index (χ3n) is 8.88. The fraction of sp³-hybridized carbons (Fsp3) is 0.294. The molecule has 0 saturated carbocycles. The maximum Gasteiger partial charge on any atom is 0.264 e. The minimum absolute atomic E-state index is 0.0321. The highest BCUT2D eigenvalue weighted by Gasteiger charge is 2.38. The lowest BCUT2D eigenvalue weighted by atomic mass is 9.82. The fourth-order valence-electron chi connectivity index (χ4n) is 6.88. The predicted octanol–water partition coefficient (Wildman–Crippen LogP) is 4.44. The minimum Gasteiger partial charge on any atom is -0.377 e. The van der Waals surface area contributed by atoms with Gasteiger partial charge in [0.05, 0.1) is 65.2 Å². The van der Waals surface area contributed by atoms with Crippen molar-refractivity contribution in [2.75, 3.05) is 65.2 Å². The molecule has 0 aliphatic carbocycles. The van der Waals surface area contributed by atoms with Gasteiger partial charge in [0.15, 0.2) is 0 Å². The molecule has 7 rings (SSSR count). The molecule has 52 heavy (non-hydrogen) atoms. The van der Waals surface area contributed by atoms with Gasteiger partial charge >= 0.3 is 0 Å². The van der Waals surface area contributed by atoms with Gasteiger partial charge in [-0.05, 0) is 35.0 Å². The van der Waals surface area contributed by atoms with Gasteiger partial charge in [-0.15, -0.1) is 0 Å². The van der Waals surface area contributed by atoms with Crippen LogP contribution in [0.4, 0.5) is 0 Å². The van der Waals surface area contributed by atoms with E-state index in [0.29, 0.717) is 74.3 Å². The molecule has 0 atom stereocenters. The van der Waals surface area contributed by atoms with E-state index in [0.717, 1.165) is 22.3 Å².